The zero-order chi connectivity index (χ0) is 10.8. The van der Waals surface area contributed by atoms with Crippen LogP contribution in [0.1, 0.15) is 30.1 Å². The molecule has 1 rings (SSSR count). The van der Waals surface area contributed by atoms with E-state index in [2.05, 4.69) is 16.9 Å². The van der Waals surface area contributed by atoms with E-state index in [9.17, 15) is 4.79 Å². The fourth-order valence-corrected chi connectivity index (χ4v) is 0.568. The van der Waals surface area contributed by atoms with Gasteiger partial charge < -0.3 is 10.2 Å². The summed E-state index contributed by atoms with van der Waals surface area (Å²) in [6.07, 6.45) is 5.81. The number of aromatic nitrogens is 2. The number of aromatic carboxylic acids is 1. The Bertz CT molecular complexity index is 249. The number of carbonyl (C=O) groups is 1. The van der Waals surface area contributed by atoms with Gasteiger partial charge in [0.2, 0.25) is 0 Å². The number of carboxylic acids is 1. The van der Waals surface area contributed by atoms with E-state index >= 15 is 0 Å². The molecule has 0 spiro atoms. The van der Waals surface area contributed by atoms with Crippen molar-refractivity contribution in [2.45, 2.75) is 19.8 Å². The number of rotatable bonds is 3. The Kier molecular flexibility index (Phi) is 7.26. The maximum Gasteiger partial charge on any atom is 0.338 e. The lowest BCUT2D eigenvalue weighted by Gasteiger charge is -1.86. The molecule has 2 N–H and O–H groups in total. The maximum absolute atomic E-state index is 10.1. The molecule has 5 heteroatoms. The highest BCUT2D eigenvalue weighted by molar-refractivity contribution is 5.86. The summed E-state index contributed by atoms with van der Waals surface area (Å²) < 4.78 is 0. The quantitative estimate of drug-likeness (QED) is 0.755. The first-order chi connectivity index (χ1) is 6.72. The molecule has 0 aliphatic rings. The van der Waals surface area contributed by atoms with Gasteiger partial charge in [-0.25, -0.2) is 14.8 Å². The van der Waals surface area contributed by atoms with Crippen molar-refractivity contribution in [1.82, 2.24) is 9.97 Å². The fourth-order valence-electron chi connectivity index (χ4n) is 0.568. The van der Waals surface area contributed by atoms with Crippen LogP contribution in [0.25, 0.3) is 0 Å². The van der Waals surface area contributed by atoms with E-state index in [4.69, 9.17) is 10.2 Å². The highest BCUT2D eigenvalue weighted by Gasteiger charge is 1.98. The average molecular weight is 198 g/mol. The van der Waals surface area contributed by atoms with Gasteiger partial charge >= 0.3 is 5.97 Å². The Morgan fingerprint density at radius 3 is 2.21 bits per heavy atom. The minimum atomic E-state index is -1.00. The topological polar surface area (TPSA) is 83.3 Å². The van der Waals surface area contributed by atoms with Gasteiger partial charge in [0.05, 0.1) is 5.56 Å². The molecule has 0 radical (unpaired) electrons. The van der Waals surface area contributed by atoms with Crippen molar-refractivity contribution in [2.24, 2.45) is 0 Å². The Labute approximate surface area is 82.5 Å². The molecule has 1 heterocycles. The molecular formula is C9H14N2O3. The Hall–Kier alpha value is -1.49. The molecule has 0 bridgehead atoms. The molecule has 0 aromatic carbocycles. The number of hydrogen-bond donors (Lipinski definition) is 2. The standard InChI is InChI=1S/C5H4N2O2.C4H10O/c8-5(9)4-1-6-3-7-2-4;1-2-3-4-5/h1-3H,(H,8,9);5H,2-4H2,1H3. The van der Waals surface area contributed by atoms with Gasteiger partial charge in [-0.3, -0.25) is 0 Å². The van der Waals surface area contributed by atoms with Crippen molar-refractivity contribution in [3.8, 4) is 0 Å². The number of hydrogen-bond acceptors (Lipinski definition) is 4. The van der Waals surface area contributed by atoms with Gasteiger partial charge in [-0.1, -0.05) is 13.3 Å². The summed E-state index contributed by atoms with van der Waals surface area (Å²) in [7, 11) is 0. The third kappa shape index (κ3) is 6.07. The molecule has 0 aliphatic carbocycles. The second kappa shape index (κ2) is 8.12. The predicted molar refractivity (Wildman–Crippen MR) is 51.0 cm³/mol. The van der Waals surface area contributed by atoms with Gasteiger partial charge in [0, 0.05) is 19.0 Å². The summed E-state index contributed by atoms with van der Waals surface area (Å²) >= 11 is 0. The molecule has 5 nitrogen and oxygen atoms in total. The lowest BCUT2D eigenvalue weighted by molar-refractivity contribution is 0.0696. The van der Waals surface area contributed by atoms with Crippen molar-refractivity contribution < 1.29 is 15.0 Å². The van der Waals surface area contributed by atoms with Crippen LogP contribution in [0.15, 0.2) is 18.7 Å². The van der Waals surface area contributed by atoms with Crippen LogP contribution in [0.3, 0.4) is 0 Å². The normalized spacial score (nSPS) is 8.71. The maximum atomic E-state index is 10.1. The molecule has 1 aromatic heterocycles. The van der Waals surface area contributed by atoms with E-state index in [-0.39, 0.29) is 5.56 Å². The molecule has 0 unspecified atom stereocenters. The lowest BCUT2D eigenvalue weighted by Crippen LogP contribution is -1.96. The molecule has 0 fully saturated rings. The minimum Gasteiger partial charge on any atom is -0.478 e. The molecule has 0 atom stereocenters. The Morgan fingerprint density at radius 2 is 2.00 bits per heavy atom. The molecular weight excluding hydrogens is 184 g/mol. The zero-order valence-electron chi connectivity index (χ0n) is 8.05. The summed E-state index contributed by atoms with van der Waals surface area (Å²) in [6, 6.07) is 0. The second-order valence-electron chi connectivity index (χ2n) is 2.51. The smallest absolute Gasteiger partial charge is 0.338 e. The molecule has 14 heavy (non-hydrogen) atoms. The van der Waals surface area contributed by atoms with Crippen LogP contribution in [0.4, 0.5) is 0 Å². The monoisotopic (exact) mass is 198 g/mol. The summed E-state index contributed by atoms with van der Waals surface area (Å²) in [6.45, 7) is 2.40. The molecule has 78 valence electrons. The van der Waals surface area contributed by atoms with Gasteiger partial charge in [0.25, 0.3) is 0 Å². The van der Waals surface area contributed by atoms with Crippen LogP contribution < -0.4 is 0 Å². The number of nitrogens with zero attached hydrogens (tertiary/aromatic N) is 2. The van der Waals surface area contributed by atoms with Crippen molar-refractivity contribution in [3.63, 3.8) is 0 Å². The highest BCUT2D eigenvalue weighted by atomic mass is 16.4. The van der Waals surface area contributed by atoms with Gasteiger partial charge in [-0.15, -0.1) is 0 Å². The van der Waals surface area contributed by atoms with E-state index in [1.807, 2.05) is 0 Å². The van der Waals surface area contributed by atoms with E-state index in [0.717, 1.165) is 12.8 Å². The van der Waals surface area contributed by atoms with Crippen molar-refractivity contribution >= 4 is 5.97 Å². The van der Waals surface area contributed by atoms with Crippen molar-refractivity contribution in [2.75, 3.05) is 6.61 Å². The fraction of sp³-hybridized carbons (Fsp3) is 0.444. The minimum absolute atomic E-state index is 0.109. The third-order valence-electron chi connectivity index (χ3n) is 1.32. The molecule has 0 saturated heterocycles. The van der Waals surface area contributed by atoms with E-state index in [1.165, 1.54) is 18.7 Å². The summed E-state index contributed by atoms with van der Waals surface area (Å²) in [5, 5.41) is 16.4. The van der Waals surface area contributed by atoms with Crippen LogP contribution in [-0.4, -0.2) is 32.8 Å². The Morgan fingerprint density at radius 1 is 1.43 bits per heavy atom. The summed E-state index contributed by atoms with van der Waals surface area (Å²) in [4.78, 5) is 17.1. The van der Waals surface area contributed by atoms with E-state index in [1.54, 1.807) is 0 Å². The van der Waals surface area contributed by atoms with E-state index in [0.29, 0.717) is 6.61 Å². The molecule has 1 aromatic rings. The largest absolute Gasteiger partial charge is 0.478 e. The summed E-state index contributed by atoms with van der Waals surface area (Å²) in [5.41, 5.74) is 0.109. The second-order valence-corrected chi connectivity index (χ2v) is 2.51. The van der Waals surface area contributed by atoms with E-state index < -0.39 is 5.97 Å². The van der Waals surface area contributed by atoms with Crippen LogP contribution in [-0.2, 0) is 0 Å². The van der Waals surface area contributed by atoms with Gasteiger partial charge in [0.15, 0.2) is 0 Å². The number of unbranched alkanes of at least 4 members (excludes halogenated alkanes) is 1. The molecule has 0 saturated carbocycles. The van der Waals surface area contributed by atoms with Gasteiger partial charge in [-0.05, 0) is 6.42 Å². The first kappa shape index (κ1) is 12.5. The third-order valence-corrected chi connectivity index (χ3v) is 1.32. The van der Waals surface area contributed by atoms with Crippen LogP contribution in [0.2, 0.25) is 0 Å². The highest BCUT2D eigenvalue weighted by Crippen LogP contribution is 1.89. The van der Waals surface area contributed by atoms with Crippen LogP contribution in [0, 0.1) is 0 Å². The van der Waals surface area contributed by atoms with Gasteiger partial charge in [-0.2, -0.15) is 0 Å². The number of aliphatic hydroxyl groups excluding tert-OH is 1. The SMILES string of the molecule is CCCCO.O=C(O)c1cncnc1. The number of carboxylic acid groups (broad SMARTS) is 1. The van der Waals surface area contributed by atoms with Crippen molar-refractivity contribution in [1.29, 1.82) is 0 Å². The lowest BCUT2D eigenvalue weighted by atomic mass is 10.4. The average Bonchev–Trinajstić information content (AvgIpc) is 2.21. The van der Waals surface area contributed by atoms with Crippen molar-refractivity contribution in [3.05, 3.63) is 24.3 Å². The van der Waals surface area contributed by atoms with Gasteiger partial charge in [0.1, 0.15) is 6.33 Å². The molecule has 0 aliphatic heterocycles. The summed E-state index contributed by atoms with van der Waals surface area (Å²) in [5.74, 6) is -1.00. The Balaban J connectivity index is 0.000000292. The predicted octanol–water partition coefficient (Wildman–Crippen LogP) is 0.954. The molecule has 0 amide bonds. The van der Waals surface area contributed by atoms with Crippen LogP contribution >= 0.6 is 0 Å². The van der Waals surface area contributed by atoms with Crippen LogP contribution in [0.5, 0.6) is 0 Å². The first-order valence-electron chi connectivity index (χ1n) is 4.31. The number of aliphatic hydroxyl groups is 1. The zero-order valence-corrected chi connectivity index (χ0v) is 8.05. The first-order valence-corrected chi connectivity index (χ1v) is 4.31.